The molecule has 108 valence electrons. The minimum absolute atomic E-state index is 0.377. The lowest BCUT2D eigenvalue weighted by Crippen LogP contribution is -2.23. The number of aromatic nitrogens is 2. The molecule has 0 aromatic carbocycles. The fraction of sp³-hybridized carbons (Fsp3) is 0.800. The van der Waals surface area contributed by atoms with Crippen molar-refractivity contribution in [3.8, 4) is 0 Å². The number of aryl methyl sites for hydroxylation is 1. The van der Waals surface area contributed by atoms with Crippen molar-refractivity contribution in [2.75, 3.05) is 0 Å². The lowest BCUT2D eigenvalue weighted by atomic mass is 9.77. The van der Waals surface area contributed by atoms with Crippen molar-refractivity contribution < 1.29 is 5.11 Å². The van der Waals surface area contributed by atoms with Crippen molar-refractivity contribution in [3.05, 3.63) is 16.4 Å². The van der Waals surface area contributed by atoms with E-state index in [1.165, 1.54) is 19.3 Å². The topological polar surface area (TPSA) is 38.0 Å². The summed E-state index contributed by atoms with van der Waals surface area (Å²) in [6, 6.07) is 0. The van der Waals surface area contributed by atoms with Gasteiger partial charge < -0.3 is 5.11 Å². The Labute approximate surface area is 124 Å². The van der Waals surface area contributed by atoms with Crippen LogP contribution in [0.25, 0.3) is 0 Å². The number of aliphatic hydroxyl groups is 1. The zero-order chi connectivity index (χ0) is 13.8. The molecule has 0 spiro atoms. The van der Waals surface area contributed by atoms with Crippen LogP contribution in [0, 0.1) is 11.8 Å². The lowest BCUT2D eigenvalue weighted by molar-refractivity contribution is 0.0601. The number of halogens is 1. The molecular weight excluding hydrogens is 304 g/mol. The molecule has 1 saturated carbocycles. The average Bonchev–Trinajstić information content (AvgIpc) is 2.79. The van der Waals surface area contributed by atoms with Crippen molar-refractivity contribution in [1.29, 1.82) is 0 Å². The molecule has 1 aliphatic carbocycles. The highest BCUT2D eigenvalue weighted by Crippen LogP contribution is 2.40. The molecule has 1 aromatic rings. The van der Waals surface area contributed by atoms with Crippen LogP contribution in [0.5, 0.6) is 0 Å². The van der Waals surface area contributed by atoms with E-state index in [0.29, 0.717) is 5.92 Å². The first kappa shape index (κ1) is 15.0. The van der Waals surface area contributed by atoms with Crippen molar-refractivity contribution >= 4 is 15.9 Å². The van der Waals surface area contributed by atoms with E-state index < -0.39 is 0 Å². The second-order valence-corrected chi connectivity index (χ2v) is 6.60. The third-order valence-electron chi connectivity index (χ3n) is 4.40. The van der Waals surface area contributed by atoms with Gasteiger partial charge in [-0.1, -0.05) is 33.1 Å². The van der Waals surface area contributed by atoms with Crippen LogP contribution in [0.1, 0.15) is 64.2 Å². The van der Waals surface area contributed by atoms with Crippen molar-refractivity contribution in [3.63, 3.8) is 0 Å². The first-order valence-electron chi connectivity index (χ1n) is 7.56. The summed E-state index contributed by atoms with van der Waals surface area (Å²) >= 11 is 3.54. The average molecular weight is 329 g/mol. The van der Waals surface area contributed by atoms with Gasteiger partial charge in [0.2, 0.25) is 0 Å². The maximum atomic E-state index is 10.7. The van der Waals surface area contributed by atoms with Crippen LogP contribution in [0.4, 0.5) is 0 Å². The Morgan fingerprint density at radius 1 is 1.47 bits per heavy atom. The normalized spacial score (nSPS) is 25.5. The maximum absolute atomic E-state index is 10.7. The van der Waals surface area contributed by atoms with E-state index in [2.05, 4.69) is 34.9 Å². The summed E-state index contributed by atoms with van der Waals surface area (Å²) < 4.78 is 2.91. The van der Waals surface area contributed by atoms with E-state index in [-0.39, 0.29) is 6.10 Å². The summed E-state index contributed by atoms with van der Waals surface area (Å²) in [5, 5.41) is 15.1. The Morgan fingerprint density at radius 2 is 2.26 bits per heavy atom. The molecule has 0 saturated heterocycles. The van der Waals surface area contributed by atoms with Crippen molar-refractivity contribution in [2.24, 2.45) is 11.8 Å². The van der Waals surface area contributed by atoms with Gasteiger partial charge in [-0.2, -0.15) is 5.10 Å². The number of hydrogen-bond donors (Lipinski definition) is 1. The second-order valence-electron chi connectivity index (χ2n) is 5.75. The SMILES string of the molecule is CCCn1ncc(Br)c1C(O)C1CCCC(CC)C1. The quantitative estimate of drug-likeness (QED) is 0.874. The summed E-state index contributed by atoms with van der Waals surface area (Å²) in [7, 11) is 0. The Balaban J connectivity index is 2.14. The molecule has 0 bridgehead atoms. The summed E-state index contributed by atoms with van der Waals surface area (Å²) in [4.78, 5) is 0. The molecule has 0 radical (unpaired) electrons. The first-order chi connectivity index (χ1) is 9.17. The Hall–Kier alpha value is -0.350. The smallest absolute Gasteiger partial charge is 0.0996 e. The molecule has 3 atom stereocenters. The highest BCUT2D eigenvalue weighted by molar-refractivity contribution is 9.10. The molecule has 1 fully saturated rings. The number of rotatable bonds is 5. The molecular formula is C15H25BrN2O. The van der Waals surface area contributed by atoms with Gasteiger partial charge in [-0.15, -0.1) is 0 Å². The van der Waals surface area contributed by atoms with Gasteiger partial charge in [0, 0.05) is 6.54 Å². The summed E-state index contributed by atoms with van der Waals surface area (Å²) in [6.07, 6.45) is 8.58. The minimum atomic E-state index is -0.377. The van der Waals surface area contributed by atoms with Crippen LogP contribution >= 0.6 is 15.9 Å². The van der Waals surface area contributed by atoms with E-state index in [0.717, 1.165) is 41.9 Å². The van der Waals surface area contributed by atoms with Crippen molar-refractivity contribution in [1.82, 2.24) is 9.78 Å². The fourth-order valence-electron chi connectivity index (χ4n) is 3.27. The van der Waals surface area contributed by atoms with Crippen molar-refractivity contribution in [2.45, 2.75) is 65.0 Å². The molecule has 1 aromatic heterocycles. The molecule has 4 heteroatoms. The molecule has 1 aliphatic rings. The van der Waals surface area contributed by atoms with Gasteiger partial charge in [0.05, 0.1) is 22.5 Å². The molecule has 0 aliphatic heterocycles. The van der Waals surface area contributed by atoms with Gasteiger partial charge in [0.25, 0.3) is 0 Å². The van der Waals surface area contributed by atoms with Gasteiger partial charge in [0.1, 0.15) is 0 Å². The largest absolute Gasteiger partial charge is 0.386 e. The second kappa shape index (κ2) is 6.89. The molecule has 19 heavy (non-hydrogen) atoms. The Kier molecular flexibility index (Phi) is 5.46. The number of aliphatic hydroxyl groups excluding tert-OH is 1. The fourth-order valence-corrected chi connectivity index (χ4v) is 3.80. The van der Waals surface area contributed by atoms with Crippen LogP contribution in [0.3, 0.4) is 0 Å². The molecule has 1 heterocycles. The van der Waals surface area contributed by atoms with Crippen LogP contribution in [-0.4, -0.2) is 14.9 Å². The van der Waals surface area contributed by atoms with Gasteiger partial charge in [0.15, 0.2) is 0 Å². The van der Waals surface area contributed by atoms with Crippen LogP contribution in [0.2, 0.25) is 0 Å². The monoisotopic (exact) mass is 328 g/mol. The van der Waals surface area contributed by atoms with E-state index in [4.69, 9.17) is 0 Å². The Bertz CT molecular complexity index is 405. The lowest BCUT2D eigenvalue weighted by Gasteiger charge is -2.32. The molecule has 3 unspecified atom stereocenters. The maximum Gasteiger partial charge on any atom is 0.0996 e. The third kappa shape index (κ3) is 3.40. The number of hydrogen-bond acceptors (Lipinski definition) is 2. The summed E-state index contributed by atoms with van der Waals surface area (Å²) in [5.41, 5.74) is 0.976. The minimum Gasteiger partial charge on any atom is -0.386 e. The molecule has 3 nitrogen and oxygen atoms in total. The highest BCUT2D eigenvalue weighted by atomic mass is 79.9. The zero-order valence-corrected chi connectivity index (χ0v) is 13.6. The highest BCUT2D eigenvalue weighted by Gasteiger charge is 2.30. The molecule has 1 N–H and O–H groups in total. The standard InChI is InChI=1S/C15H25BrN2O/c1-3-8-18-14(13(16)10-17-18)15(19)12-7-5-6-11(4-2)9-12/h10-12,15,19H,3-9H2,1-2H3. The first-order valence-corrected chi connectivity index (χ1v) is 8.35. The van der Waals surface area contributed by atoms with Gasteiger partial charge >= 0.3 is 0 Å². The Morgan fingerprint density at radius 3 is 2.95 bits per heavy atom. The summed E-state index contributed by atoms with van der Waals surface area (Å²) in [6.45, 7) is 5.28. The predicted octanol–water partition coefficient (Wildman–Crippen LogP) is 4.31. The third-order valence-corrected chi connectivity index (χ3v) is 5.01. The van der Waals surface area contributed by atoms with Gasteiger partial charge in [-0.3, -0.25) is 4.68 Å². The van der Waals surface area contributed by atoms with Gasteiger partial charge in [-0.25, -0.2) is 0 Å². The van der Waals surface area contributed by atoms with E-state index in [1.807, 2.05) is 10.9 Å². The summed E-state index contributed by atoms with van der Waals surface area (Å²) in [5.74, 6) is 1.18. The van der Waals surface area contributed by atoms with Crippen LogP contribution in [-0.2, 0) is 6.54 Å². The predicted molar refractivity (Wildman–Crippen MR) is 80.9 cm³/mol. The molecule has 0 amide bonds. The van der Waals surface area contributed by atoms with E-state index in [1.54, 1.807) is 0 Å². The van der Waals surface area contributed by atoms with E-state index >= 15 is 0 Å². The van der Waals surface area contributed by atoms with Crippen LogP contribution in [0.15, 0.2) is 10.7 Å². The van der Waals surface area contributed by atoms with Gasteiger partial charge in [-0.05, 0) is 47.0 Å². The molecule has 2 rings (SSSR count). The van der Waals surface area contributed by atoms with Crippen LogP contribution < -0.4 is 0 Å². The zero-order valence-electron chi connectivity index (χ0n) is 12.0. The van der Waals surface area contributed by atoms with E-state index in [9.17, 15) is 5.11 Å². The number of nitrogens with zero attached hydrogens (tertiary/aromatic N) is 2.